The zero-order valence-electron chi connectivity index (χ0n) is 14.8. The molecular formula is C22H20N2O2. The molecule has 1 heterocycles. The molecule has 0 N–H and O–H groups in total. The predicted molar refractivity (Wildman–Crippen MR) is 103 cm³/mol. The van der Waals surface area contributed by atoms with Crippen molar-refractivity contribution in [3.63, 3.8) is 0 Å². The fourth-order valence-electron chi connectivity index (χ4n) is 3.53. The third kappa shape index (κ3) is 2.84. The summed E-state index contributed by atoms with van der Waals surface area (Å²) in [5.41, 5.74) is 3.09. The zero-order chi connectivity index (χ0) is 18.1. The molecule has 0 aromatic heterocycles. The molecular weight excluding hydrogens is 324 g/mol. The smallest absolute Gasteiger partial charge is 0.240 e. The normalized spacial score (nSPS) is 16.6. The molecule has 3 aromatic carbocycles. The van der Waals surface area contributed by atoms with Crippen LogP contribution in [0.1, 0.15) is 30.5 Å². The van der Waals surface area contributed by atoms with Gasteiger partial charge in [0, 0.05) is 18.9 Å². The van der Waals surface area contributed by atoms with Crippen molar-refractivity contribution >= 4 is 22.4 Å². The molecule has 4 nitrogen and oxygen atoms in total. The lowest BCUT2D eigenvalue weighted by Gasteiger charge is -2.20. The topological polar surface area (TPSA) is 41.9 Å². The number of benzene rings is 3. The number of hydrogen-bond donors (Lipinski definition) is 0. The van der Waals surface area contributed by atoms with E-state index in [2.05, 4.69) is 29.4 Å². The highest BCUT2D eigenvalue weighted by atomic mass is 16.5. The maximum absolute atomic E-state index is 12.2. The summed E-state index contributed by atoms with van der Waals surface area (Å²) in [6.07, 6.45) is 0.694. The van der Waals surface area contributed by atoms with E-state index >= 15 is 0 Å². The Morgan fingerprint density at radius 2 is 1.77 bits per heavy atom. The van der Waals surface area contributed by atoms with Gasteiger partial charge in [-0.15, -0.1) is 0 Å². The van der Waals surface area contributed by atoms with Gasteiger partial charge < -0.3 is 4.74 Å². The van der Waals surface area contributed by atoms with Crippen LogP contribution in [0.5, 0.6) is 5.75 Å². The highest BCUT2D eigenvalue weighted by molar-refractivity contribution is 6.12. The number of methoxy groups -OCH3 is 1. The Bertz CT molecular complexity index is 987. The Labute approximate surface area is 152 Å². The molecule has 0 saturated carbocycles. The molecule has 1 aliphatic heterocycles. The SMILES string of the molecule is COc1ccc(C2CC(c3cccc4ccccc34)=NN2C(C)=O)cc1. The molecule has 1 unspecified atom stereocenters. The van der Waals surface area contributed by atoms with Crippen LogP contribution in [0.3, 0.4) is 0 Å². The summed E-state index contributed by atoms with van der Waals surface area (Å²) in [5, 5.41) is 8.61. The van der Waals surface area contributed by atoms with Crippen molar-refractivity contribution in [2.75, 3.05) is 7.11 Å². The second kappa shape index (κ2) is 6.64. The molecule has 0 spiro atoms. The van der Waals surface area contributed by atoms with Gasteiger partial charge in [0.05, 0.1) is 18.9 Å². The van der Waals surface area contributed by atoms with Crippen molar-refractivity contribution in [1.29, 1.82) is 0 Å². The fourth-order valence-corrected chi connectivity index (χ4v) is 3.53. The van der Waals surface area contributed by atoms with Gasteiger partial charge in [0.1, 0.15) is 5.75 Å². The molecule has 4 heteroatoms. The van der Waals surface area contributed by atoms with E-state index in [0.29, 0.717) is 6.42 Å². The summed E-state index contributed by atoms with van der Waals surface area (Å²) in [4.78, 5) is 12.2. The molecule has 26 heavy (non-hydrogen) atoms. The molecule has 0 radical (unpaired) electrons. The first-order valence-electron chi connectivity index (χ1n) is 8.67. The van der Waals surface area contributed by atoms with E-state index in [-0.39, 0.29) is 11.9 Å². The van der Waals surface area contributed by atoms with Gasteiger partial charge >= 0.3 is 0 Å². The third-order valence-corrected chi connectivity index (χ3v) is 4.83. The minimum atomic E-state index is -0.0904. The van der Waals surface area contributed by atoms with E-state index < -0.39 is 0 Å². The number of carbonyl (C=O) groups excluding carboxylic acids is 1. The largest absolute Gasteiger partial charge is 0.497 e. The van der Waals surface area contributed by atoms with Crippen LogP contribution < -0.4 is 4.74 Å². The number of nitrogens with zero attached hydrogens (tertiary/aromatic N) is 2. The molecule has 0 saturated heterocycles. The Kier molecular flexibility index (Phi) is 4.17. The summed E-state index contributed by atoms with van der Waals surface area (Å²) < 4.78 is 5.24. The lowest BCUT2D eigenvalue weighted by molar-refractivity contribution is -0.130. The van der Waals surface area contributed by atoms with Crippen LogP contribution in [0.25, 0.3) is 10.8 Å². The molecule has 0 aliphatic carbocycles. The molecule has 1 aliphatic rings. The van der Waals surface area contributed by atoms with Gasteiger partial charge in [-0.1, -0.05) is 54.6 Å². The summed E-state index contributed by atoms with van der Waals surface area (Å²) >= 11 is 0. The van der Waals surface area contributed by atoms with Crippen LogP contribution in [0.15, 0.2) is 71.8 Å². The molecule has 3 aromatic rings. The summed E-state index contributed by atoms with van der Waals surface area (Å²) in [5.74, 6) is 0.748. The van der Waals surface area contributed by atoms with Crippen molar-refractivity contribution in [1.82, 2.24) is 5.01 Å². The molecule has 4 rings (SSSR count). The number of hydrogen-bond acceptors (Lipinski definition) is 3. The summed E-state index contributed by atoms with van der Waals surface area (Å²) in [6.45, 7) is 1.56. The maximum atomic E-state index is 12.2. The Hall–Kier alpha value is -3.14. The van der Waals surface area contributed by atoms with Gasteiger partial charge in [0.15, 0.2) is 0 Å². The highest BCUT2D eigenvalue weighted by Gasteiger charge is 2.31. The van der Waals surface area contributed by atoms with Gasteiger partial charge in [-0.2, -0.15) is 5.10 Å². The molecule has 130 valence electrons. The van der Waals surface area contributed by atoms with Crippen LogP contribution in [0.2, 0.25) is 0 Å². The first-order chi connectivity index (χ1) is 12.7. The van der Waals surface area contributed by atoms with E-state index in [1.165, 1.54) is 5.39 Å². The van der Waals surface area contributed by atoms with E-state index in [1.807, 2.05) is 42.5 Å². The quantitative estimate of drug-likeness (QED) is 0.700. The Morgan fingerprint density at radius 1 is 1.04 bits per heavy atom. The average Bonchev–Trinajstić information content (AvgIpc) is 3.13. The maximum Gasteiger partial charge on any atom is 0.240 e. The first-order valence-corrected chi connectivity index (χ1v) is 8.67. The van der Waals surface area contributed by atoms with Crippen LogP contribution in [0, 0.1) is 0 Å². The first kappa shape index (κ1) is 16.3. The van der Waals surface area contributed by atoms with Crippen molar-refractivity contribution in [3.05, 3.63) is 77.9 Å². The minimum Gasteiger partial charge on any atom is -0.497 e. The van der Waals surface area contributed by atoms with Gasteiger partial charge in [0.25, 0.3) is 0 Å². The van der Waals surface area contributed by atoms with Gasteiger partial charge in [-0.25, -0.2) is 5.01 Å². The molecule has 1 atom stereocenters. The fraction of sp³-hybridized carbons (Fsp3) is 0.182. The van der Waals surface area contributed by atoms with Crippen LogP contribution >= 0.6 is 0 Å². The number of ether oxygens (including phenoxy) is 1. The lowest BCUT2D eigenvalue weighted by atomic mass is 9.95. The number of amides is 1. The van der Waals surface area contributed by atoms with E-state index in [0.717, 1.165) is 28.0 Å². The van der Waals surface area contributed by atoms with Crippen molar-refractivity contribution in [3.8, 4) is 5.75 Å². The van der Waals surface area contributed by atoms with Crippen molar-refractivity contribution in [2.24, 2.45) is 5.10 Å². The average molecular weight is 344 g/mol. The van der Waals surface area contributed by atoms with Crippen molar-refractivity contribution < 1.29 is 9.53 Å². The number of fused-ring (bicyclic) bond motifs is 1. The van der Waals surface area contributed by atoms with Crippen LogP contribution in [-0.4, -0.2) is 23.7 Å². The lowest BCUT2D eigenvalue weighted by Crippen LogP contribution is -2.24. The number of rotatable bonds is 3. The third-order valence-electron chi connectivity index (χ3n) is 4.83. The number of carbonyl (C=O) groups is 1. The predicted octanol–water partition coefficient (Wildman–Crippen LogP) is 4.55. The van der Waals surface area contributed by atoms with E-state index in [9.17, 15) is 4.79 Å². The Balaban J connectivity index is 1.74. The van der Waals surface area contributed by atoms with Gasteiger partial charge in [-0.3, -0.25) is 4.79 Å². The van der Waals surface area contributed by atoms with Gasteiger partial charge in [0.2, 0.25) is 5.91 Å². The van der Waals surface area contributed by atoms with Gasteiger partial charge in [-0.05, 0) is 28.5 Å². The van der Waals surface area contributed by atoms with E-state index in [1.54, 1.807) is 19.0 Å². The van der Waals surface area contributed by atoms with Crippen molar-refractivity contribution in [2.45, 2.75) is 19.4 Å². The molecule has 1 amide bonds. The van der Waals surface area contributed by atoms with E-state index in [4.69, 9.17) is 4.74 Å². The standard InChI is InChI=1S/C22H20N2O2/c1-15(25)24-22(17-10-12-18(26-2)13-11-17)14-21(23-24)20-9-5-7-16-6-3-4-8-19(16)20/h3-13,22H,14H2,1-2H3. The minimum absolute atomic E-state index is 0.0546. The Morgan fingerprint density at radius 3 is 2.50 bits per heavy atom. The molecule has 0 fully saturated rings. The molecule has 0 bridgehead atoms. The second-order valence-electron chi connectivity index (χ2n) is 6.43. The summed E-state index contributed by atoms with van der Waals surface area (Å²) in [7, 11) is 1.65. The zero-order valence-corrected chi connectivity index (χ0v) is 14.8. The number of hydrazone groups is 1. The summed E-state index contributed by atoms with van der Waals surface area (Å²) in [6, 6.07) is 22.2. The highest BCUT2D eigenvalue weighted by Crippen LogP contribution is 2.35. The monoisotopic (exact) mass is 344 g/mol. The second-order valence-corrected chi connectivity index (χ2v) is 6.43. The van der Waals surface area contributed by atoms with Crippen LogP contribution in [-0.2, 0) is 4.79 Å². The van der Waals surface area contributed by atoms with Crippen LogP contribution in [0.4, 0.5) is 0 Å².